The van der Waals surface area contributed by atoms with E-state index in [2.05, 4.69) is 160 Å². The standard InChI is InChI=1S/C68H112NO8P/c1-6-8-10-12-14-16-18-20-22-24-26-28-30-32-33-34-35-37-39-41-43-45-47-49-51-53-55-57-59-61-68(71)77-66(65-76-78(72,73)75-63-62-69(3,4)5)64-74-67(70)60-58-56-54-52-50-48-46-44-42-40-38-36-31-29-27-25-23-21-19-17-15-13-11-9-7-2/h8-11,14-17,20-23,26-29,32-33,35-38,41,43,66H,6-7,12-13,18-19,24-25,30-31,34,39-40,42,44-65H2,1-5H3/b10-8-,11-9-,16-14-,17-15-,22-20-,23-21-,28-26-,29-27-,33-32-,37-35-,38-36-,43-41-. The molecule has 0 aliphatic rings. The number of allylic oxidation sites excluding steroid dienone is 24. The Bertz CT molecular complexity index is 1820. The molecule has 0 saturated carbocycles. The van der Waals surface area contributed by atoms with Gasteiger partial charge in [-0.3, -0.25) is 14.2 Å². The average Bonchev–Trinajstić information content (AvgIpc) is 3.41. The largest absolute Gasteiger partial charge is 0.756 e. The summed E-state index contributed by atoms with van der Waals surface area (Å²) in [6, 6.07) is 0. The number of esters is 2. The molecule has 9 nitrogen and oxygen atoms in total. The maximum Gasteiger partial charge on any atom is 0.306 e. The van der Waals surface area contributed by atoms with Crippen LogP contribution in [0.3, 0.4) is 0 Å². The molecule has 78 heavy (non-hydrogen) atoms. The minimum absolute atomic E-state index is 0.0427. The van der Waals surface area contributed by atoms with E-state index in [0.717, 1.165) is 135 Å². The summed E-state index contributed by atoms with van der Waals surface area (Å²) in [7, 11) is 1.13. The molecule has 0 bridgehead atoms. The molecule has 0 amide bonds. The van der Waals surface area contributed by atoms with Crippen LogP contribution in [0, 0.1) is 0 Å². The van der Waals surface area contributed by atoms with Gasteiger partial charge in [-0.1, -0.05) is 237 Å². The van der Waals surface area contributed by atoms with E-state index in [4.69, 9.17) is 18.5 Å². The molecule has 0 aliphatic heterocycles. The van der Waals surface area contributed by atoms with Gasteiger partial charge in [0.2, 0.25) is 0 Å². The van der Waals surface area contributed by atoms with Crippen LogP contribution in [0.15, 0.2) is 146 Å². The molecule has 2 unspecified atom stereocenters. The number of likely N-dealkylation sites (N-methyl/N-ethyl adjacent to an activating group) is 1. The van der Waals surface area contributed by atoms with Crippen molar-refractivity contribution in [1.29, 1.82) is 0 Å². The molecule has 0 radical (unpaired) electrons. The molecule has 0 fully saturated rings. The SMILES string of the molecule is CC/C=C\C/C=C\C/C=C\C/C=C\C/C=C\C/C=C\C/C=C\CCCCCCCCCC(=O)OC(COC(=O)CCCCCCCCCCC/C=C\C/C=C\C/C=C\C/C=C\C/C=C\CC)COP(=O)([O-])OCC[N+](C)(C)C. The Morgan fingerprint density at radius 3 is 1.03 bits per heavy atom. The van der Waals surface area contributed by atoms with Gasteiger partial charge in [-0.05, 0) is 116 Å². The van der Waals surface area contributed by atoms with Gasteiger partial charge in [-0.2, -0.15) is 0 Å². The smallest absolute Gasteiger partial charge is 0.306 e. The van der Waals surface area contributed by atoms with Gasteiger partial charge in [-0.15, -0.1) is 0 Å². The molecule has 0 heterocycles. The lowest BCUT2D eigenvalue weighted by Gasteiger charge is -2.28. The fourth-order valence-electron chi connectivity index (χ4n) is 7.72. The lowest BCUT2D eigenvalue weighted by atomic mass is 10.1. The van der Waals surface area contributed by atoms with E-state index in [0.29, 0.717) is 23.9 Å². The number of carbonyl (C=O) groups is 2. The van der Waals surface area contributed by atoms with Crippen molar-refractivity contribution in [2.24, 2.45) is 0 Å². The first-order chi connectivity index (χ1) is 38.0. The third-order valence-electron chi connectivity index (χ3n) is 12.4. The zero-order valence-corrected chi connectivity index (χ0v) is 50.9. The van der Waals surface area contributed by atoms with Gasteiger partial charge in [0.15, 0.2) is 6.10 Å². The number of unbranched alkanes of at least 4 members (excludes halogenated alkanes) is 16. The molecular weight excluding hydrogens is 990 g/mol. The normalized spacial score (nSPS) is 14.3. The molecule has 0 aliphatic carbocycles. The number of nitrogens with zero attached hydrogens (tertiary/aromatic N) is 1. The van der Waals surface area contributed by atoms with Crippen LogP contribution in [0.4, 0.5) is 0 Å². The summed E-state index contributed by atoms with van der Waals surface area (Å²) in [6.45, 7) is 3.97. The van der Waals surface area contributed by atoms with Gasteiger partial charge in [0.1, 0.15) is 19.8 Å². The van der Waals surface area contributed by atoms with Crippen molar-refractivity contribution in [1.82, 2.24) is 0 Å². The van der Waals surface area contributed by atoms with E-state index in [1.54, 1.807) is 0 Å². The Kier molecular flexibility index (Phi) is 54.5. The van der Waals surface area contributed by atoms with Crippen molar-refractivity contribution in [3.63, 3.8) is 0 Å². The predicted octanol–water partition coefficient (Wildman–Crippen LogP) is 18.8. The summed E-state index contributed by atoms with van der Waals surface area (Å²) in [5, 5.41) is 0. The second-order valence-corrected chi connectivity index (χ2v) is 22.4. The molecule has 0 aromatic heterocycles. The van der Waals surface area contributed by atoms with E-state index in [1.807, 2.05) is 21.1 Å². The van der Waals surface area contributed by atoms with Gasteiger partial charge < -0.3 is 27.9 Å². The highest BCUT2D eigenvalue weighted by molar-refractivity contribution is 7.45. The van der Waals surface area contributed by atoms with E-state index in [1.165, 1.54) is 44.9 Å². The number of hydrogen-bond acceptors (Lipinski definition) is 8. The zero-order chi connectivity index (χ0) is 57.0. The molecule has 442 valence electrons. The molecule has 10 heteroatoms. The van der Waals surface area contributed by atoms with E-state index < -0.39 is 32.5 Å². The first-order valence-electron chi connectivity index (χ1n) is 30.5. The third kappa shape index (κ3) is 61.1. The summed E-state index contributed by atoms with van der Waals surface area (Å²) < 4.78 is 34.2. The van der Waals surface area contributed by atoms with Gasteiger partial charge in [-0.25, -0.2) is 0 Å². The van der Waals surface area contributed by atoms with Crippen molar-refractivity contribution in [3.05, 3.63) is 146 Å². The summed E-state index contributed by atoms with van der Waals surface area (Å²) >= 11 is 0. The highest BCUT2D eigenvalue weighted by atomic mass is 31.2. The summed E-state index contributed by atoms with van der Waals surface area (Å²) in [5.74, 6) is -0.863. The number of hydrogen-bond donors (Lipinski definition) is 0. The third-order valence-corrected chi connectivity index (χ3v) is 13.3. The molecule has 0 N–H and O–H groups in total. The van der Waals surface area contributed by atoms with Crippen molar-refractivity contribution in [3.8, 4) is 0 Å². The molecule has 0 spiro atoms. The number of carbonyl (C=O) groups excluding carboxylic acids is 2. The predicted molar refractivity (Wildman–Crippen MR) is 332 cm³/mol. The van der Waals surface area contributed by atoms with Gasteiger partial charge in [0.25, 0.3) is 7.82 Å². The van der Waals surface area contributed by atoms with Crippen LogP contribution >= 0.6 is 7.82 Å². The molecule has 0 rings (SSSR count). The Morgan fingerprint density at radius 2 is 0.692 bits per heavy atom. The Hall–Kier alpha value is -4.11. The number of rotatable bonds is 54. The summed E-state index contributed by atoms with van der Waals surface area (Å²) in [4.78, 5) is 38.0. The summed E-state index contributed by atoms with van der Waals surface area (Å²) in [6.07, 6.45) is 84.6. The Morgan fingerprint density at radius 1 is 0.397 bits per heavy atom. The van der Waals surface area contributed by atoms with Gasteiger partial charge in [0, 0.05) is 12.8 Å². The number of phosphoric ester groups is 1. The van der Waals surface area contributed by atoms with Crippen LogP contribution in [-0.2, 0) is 32.7 Å². The monoisotopic (exact) mass is 1100 g/mol. The lowest BCUT2D eigenvalue weighted by molar-refractivity contribution is -0.870. The van der Waals surface area contributed by atoms with E-state index >= 15 is 0 Å². The van der Waals surface area contributed by atoms with Crippen LogP contribution < -0.4 is 4.89 Å². The van der Waals surface area contributed by atoms with Gasteiger partial charge >= 0.3 is 11.9 Å². The highest BCUT2D eigenvalue weighted by Crippen LogP contribution is 2.38. The average molecular weight is 1100 g/mol. The maximum atomic E-state index is 12.8. The fourth-order valence-corrected chi connectivity index (χ4v) is 8.45. The van der Waals surface area contributed by atoms with Crippen LogP contribution in [0.1, 0.15) is 219 Å². The van der Waals surface area contributed by atoms with E-state index in [9.17, 15) is 19.0 Å². The van der Waals surface area contributed by atoms with Crippen molar-refractivity contribution in [2.75, 3.05) is 47.5 Å². The zero-order valence-electron chi connectivity index (χ0n) is 50.1. The molecular formula is C68H112NO8P. The summed E-state index contributed by atoms with van der Waals surface area (Å²) in [5.41, 5.74) is 0. The topological polar surface area (TPSA) is 111 Å². The highest BCUT2D eigenvalue weighted by Gasteiger charge is 2.22. The van der Waals surface area contributed by atoms with Crippen molar-refractivity contribution < 1.29 is 42.1 Å². The number of phosphoric acid groups is 1. The quantitative estimate of drug-likeness (QED) is 0.0195. The van der Waals surface area contributed by atoms with Crippen molar-refractivity contribution in [2.45, 2.75) is 225 Å². The molecule has 0 aromatic rings. The molecule has 0 saturated heterocycles. The number of ether oxygens (including phenoxy) is 2. The molecule has 0 aromatic carbocycles. The minimum Gasteiger partial charge on any atom is -0.756 e. The fraction of sp³-hybridized carbons (Fsp3) is 0.618. The lowest BCUT2D eigenvalue weighted by Crippen LogP contribution is -2.37. The van der Waals surface area contributed by atoms with Crippen LogP contribution in [0.5, 0.6) is 0 Å². The van der Waals surface area contributed by atoms with E-state index in [-0.39, 0.29) is 26.1 Å². The van der Waals surface area contributed by atoms with Crippen molar-refractivity contribution >= 4 is 19.8 Å². The Labute approximate surface area is 478 Å². The molecule has 2 atom stereocenters. The first kappa shape index (κ1) is 73.9. The van der Waals surface area contributed by atoms with Crippen LogP contribution in [0.2, 0.25) is 0 Å². The first-order valence-corrected chi connectivity index (χ1v) is 32.0. The minimum atomic E-state index is -4.65. The van der Waals surface area contributed by atoms with Crippen LogP contribution in [-0.4, -0.2) is 70.0 Å². The van der Waals surface area contributed by atoms with Crippen LogP contribution in [0.25, 0.3) is 0 Å². The second kappa shape index (κ2) is 57.6. The number of quaternary nitrogens is 1. The second-order valence-electron chi connectivity index (χ2n) is 20.9. The Balaban J connectivity index is 4.23. The van der Waals surface area contributed by atoms with Gasteiger partial charge in [0.05, 0.1) is 27.7 Å². The maximum absolute atomic E-state index is 12.8.